The minimum absolute atomic E-state index is 0.0351. The molecular weight excluding hydrogens is 369 g/mol. The summed E-state index contributed by atoms with van der Waals surface area (Å²) in [5.41, 5.74) is 0.0297. The molecule has 1 unspecified atom stereocenters. The van der Waals surface area contributed by atoms with Crippen molar-refractivity contribution in [3.8, 4) is 11.4 Å². The van der Waals surface area contributed by atoms with E-state index in [1.165, 1.54) is 12.4 Å². The molecule has 28 heavy (non-hydrogen) atoms. The van der Waals surface area contributed by atoms with Crippen LogP contribution in [0.4, 0.5) is 19.0 Å². The van der Waals surface area contributed by atoms with Crippen molar-refractivity contribution in [1.29, 1.82) is 0 Å². The number of hydrogen-bond donors (Lipinski definition) is 1. The van der Waals surface area contributed by atoms with Crippen LogP contribution in [0.15, 0.2) is 61.1 Å². The molecule has 0 aliphatic rings. The molecule has 144 valence electrons. The van der Waals surface area contributed by atoms with Gasteiger partial charge in [0.2, 0.25) is 0 Å². The summed E-state index contributed by atoms with van der Waals surface area (Å²) in [6.45, 7) is 1.76. The monoisotopic (exact) mass is 386 g/mol. The molecule has 8 heteroatoms. The lowest BCUT2D eigenvalue weighted by Crippen LogP contribution is -2.21. The van der Waals surface area contributed by atoms with Crippen molar-refractivity contribution in [2.45, 2.75) is 25.6 Å². The number of ketones is 1. The van der Waals surface area contributed by atoms with Gasteiger partial charge in [-0.2, -0.15) is 13.2 Å². The van der Waals surface area contributed by atoms with Crippen LogP contribution in [-0.4, -0.2) is 20.7 Å². The lowest BCUT2D eigenvalue weighted by molar-refractivity contribution is -0.137. The molecule has 0 saturated heterocycles. The standard InChI is InChI=1S/C20H17F3N4O/c1-2-16(28)18(13-6-4-3-5-7-13)26-17-8-9-25-19(27-17)14-10-15(12-24-11-14)20(21,22)23/h3-12,18H,2H2,1H3,(H,25,26,27). The SMILES string of the molecule is CCC(=O)C(Nc1ccnc(-c2cncc(C(F)(F)F)c2)n1)c1ccccc1. The largest absolute Gasteiger partial charge is 0.417 e. The molecule has 0 aliphatic heterocycles. The number of aromatic nitrogens is 3. The number of nitrogens with zero attached hydrogens (tertiary/aromatic N) is 3. The van der Waals surface area contributed by atoms with Crippen LogP contribution in [0, 0.1) is 0 Å². The number of carbonyl (C=O) groups is 1. The van der Waals surface area contributed by atoms with Crippen molar-refractivity contribution in [3.63, 3.8) is 0 Å². The van der Waals surface area contributed by atoms with Crippen molar-refractivity contribution in [2.24, 2.45) is 0 Å². The highest BCUT2D eigenvalue weighted by Gasteiger charge is 2.31. The van der Waals surface area contributed by atoms with Crippen molar-refractivity contribution < 1.29 is 18.0 Å². The first kappa shape index (κ1) is 19.5. The first-order valence-electron chi connectivity index (χ1n) is 8.58. The van der Waals surface area contributed by atoms with Gasteiger partial charge in [-0.1, -0.05) is 37.3 Å². The van der Waals surface area contributed by atoms with E-state index in [0.29, 0.717) is 12.2 Å². The Balaban J connectivity index is 1.92. The number of carbonyl (C=O) groups excluding carboxylic acids is 1. The van der Waals surface area contributed by atoms with E-state index in [-0.39, 0.29) is 17.2 Å². The Hall–Kier alpha value is -3.29. The fourth-order valence-electron chi connectivity index (χ4n) is 2.64. The maximum absolute atomic E-state index is 12.9. The summed E-state index contributed by atoms with van der Waals surface area (Å²) in [5, 5.41) is 3.06. The van der Waals surface area contributed by atoms with Crippen LogP contribution in [0.1, 0.15) is 30.5 Å². The topological polar surface area (TPSA) is 67.8 Å². The molecular formula is C20H17F3N4O. The lowest BCUT2D eigenvalue weighted by atomic mass is 10.0. The van der Waals surface area contributed by atoms with Gasteiger partial charge in [0.15, 0.2) is 11.6 Å². The maximum atomic E-state index is 12.9. The molecule has 0 amide bonds. The average molecular weight is 386 g/mol. The van der Waals surface area contributed by atoms with Crippen molar-refractivity contribution in [2.75, 3.05) is 5.32 Å². The Morgan fingerprint density at radius 2 is 1.89 bits per heavy atom. The van der Waals surface area contributed by atoms with Gasteiger partial charge in [0.1, 0.15) is 11.9 Å². The van der Waals surface area contributed by atoms with Crippen LogP contribution in [0.2, 0.25) is 0 Å². The van der Waals surface area contributed by atoms with Crippen LogP contribution in [0.3, 0.4) is 0 Å². The predicted octanol–water partition coefficient (Wildman–Crippen LogP) is 4.69. The number of hydrogen-bond acceptors (Lipinski definition) is 5. The van der Waals surface area contributed by atoms with Gasteiger partial charge in [-0.3, -0.25) is 9.78 Å². The molecule has 0 radical (unpaired) electrons. The van der Waals surface area contributed by atoms with Gasteiger partial charge in [-0.25, -0.2) is 9.97 Å². The fraction of sp³-hybridized carbons (Fsp3) is 0.200. The summed E-state index contributed by atoms with van der Waals surface area (Å²) in [7, 11) is 0. The second kappa shape index (κ2) is 8.16. The number of anilines is 1. The highest BCUT2D eigenvalue weighted by Crippen LogP contribution is 2.31. The van der Waals surface area contributed by atoms with Crippen LogP contribution < -0.4 is 5.32 Å². The molecule has 1 N–H and O–H groups in total. The van der Waals surface area contributed by atoms with E-state index in [1.54, 1.807) is 13.0 Å². The Kier molecular flexibility index (Phi) is 5.67. The van der Waals surface area contributed by atoms with Gasteiger partial charge in [-0.05, 0) is 17.7 Å². The van der Waals surface area contributed by atoms with E-state index in [1.807, 2.05) is 30.3 Å². The van der Waals surface area contributed by atoms with Crippen molar-refractivity contribution in [3.05, 3.63) is 72.2 Å². The zero-order chi connectivity index (χ0) is 20.1. The van der Waals surface area contributed by atoms with Gasteiger partial charge >= 0.3 is 6.18 Å². The first-order chi connectivity index (χ1) is 13.4. The quantitative estimate of drug-likeness (QED) is 0.666. The lowest BCUT2D eigenvalue weighted by Gasteiger charge is -2.18. The van der Waals surface area contributed by atoms with Crippen LogP contribution >= 0.6 is 0 Å². The number of alkyl halides is 3. The molecule has 3 aromatic rings. The van der Waals surface area contributed by atoms with Crippen molar-refractivity contribution >= 4 is 11.6 Å². The van der Waals surface area contributed by atoms with E-state index < -0.39 is 17.8 Å². The van der Waals surface area contributed by atoms with E-state index in [0.717, 1.165) is 17.8 Å². The van der Waals surface area contributed by atoms with Gasteiger partial charge in [-0.15, -0.1) is 0 Å². The molecule has 0 fully saturated rings. The molecule has 1 aromatic carbocycles. The smallest absolute Gasteiger partial charge is 0.356 e. The number of Topliss-reactive ketones (excluding diaryl/α,β-unsaturated/α-hetero) is 1. The van der Waals surface area contributed by atoms with Gasteiger partial charge in [0.05, 0.1) is 5.56 Å². The highest BCUT2D eigenvalue weighted by molar-refractivity contribution is 5.87. The third kappa shape index (κ3) is 4.51. The van der Waals surface area contributed by atoms with E-state index in [4.69, 9.17) is 0 Å². The van der Waals surface area contributed by atoms with Crippen LogP contribution in [0.25, 0.3) is 11.4 Å². The van der Waals surface area contributed by atoms with E-state index in [9.17, 15) is 18.0 Å². The Morgan fingerprint density at radius 1 is 1.14 bits per heavy atom. The molecule has 2 aromatic heterocycles. The maximum Gasteiger partial charge on any atom is 0.417 e. The second-order valence-corrected chi connectivity index (χ2v) is 6.03. The number of nitrogens with one attached hydrogen (secondary N) is 1. The predicted molar refractivity (Wildman–Crippen MR) is 98.4 cm³/mol. The van der Waals surface area contributed by atoms with E-state index >= 15 is 0 Å². The van der Waals surface area contributed by atoms with Crippen LogP contribution in [-0.2, 0) is 11.0 Å². The van der Waals surface area contributed by atoms with Gasteiger partial charge < -0.3 is 5.32 Å². The van der Waals surface area contributed by atoms with Gasteiger partial charge in [0, 0.05) is 30.6 Å². The normalized spacial score (nSPS) is 12.4. The zero-order valence-electron chi connectivity index (χ0n) is 14.9. The molecule has 5 nitrogen and oxygen atoms in total. The minimum Gasteiger partial charge on any atom is -0.356 e. The molecule has 2 heterocycles. The number of rotatable bonds is 6. The summed E-state index contributed by atoms with van der Waals surface area (Å²) < 4.78 is 38.8. The van der Waals surface area contributed by atoms with Crippen molar-refractivity contribution in [1.82, 2.24) is 15.0 Å². The highest BCUT2D eigenvalue weighted by atomic mass is 19.4. The summed E-state index contributed by atoms with van der Waals surface area (Å²) in [6.07, 6.45) is -0.756. The molecule has 0 saturated carbocycles. The van der Waals surface area contributed by atoms with Gasteiger partial charge in [0.25, 0.3) is 0 Å². The Bertz CT molecular complexity index is 961. The van der Waals surface area contributed by atoms with E-state index in [2.05, 4.69) is 20.3 Å². The number of benzene rings is 1. The molecule has 0 aliphatic carbocycles. The molecule has 3 rings (SSSR count). The Labute approximate surface area is 159 Å². The molecule has 0 spiro atoms. The summed E-state index contributed by atoms with van der Waals surface area (Å²) in [4.78, 5) is 24.3. The third-order valence-corrected chi connectivity index (χ3v) is 4.07. The third-order valence-electron chi connectivity index (χ3n) is 4.07. The summed E-state index contributed by atoms with van der Waals surface area (Å²) >= 11 is 0. The Morgan fingerprint density at radius 3 is 2.57 bits per heavy atom. The number of halogens is 3. The fourth-order valence-corrected chi connectivity index (χ4v) is 2.64. The average Bonchev–Trinajstić information content (AvgIpc) is 2.72. The summed E-state index contributed by atoms with van der Waals surface area (Å²) in [6, 6.07) is 11.0. The zero-order valence-corrected chi connectivity index (χ0v) is 14.9. The first-order valence-corrected chi connectivity index (χ1v) is 8.58. The number of pyridine rings is 1. The second-order valence-electron chi connectivity index (χ2n) is 6.03. The minimum atomic E-state index is -4.51. The van der Waals surface area contributed by atoms with Crippen LogP contribution in [0.5, 0.6) is 0 Å². The summed E-state index contributed by atoms with van der Waals surface area (Å²) in [5.74, 6) is 0.379. The molecule has 0 bridgehead atoms. The molecule has 1 atom stereocenters.